The van der Waals surface area contributed by atoms with E-state index < -0.39 is 8.80 Å². The molecule has 138 valence electrons. The number of para-hydroxylation sites is 1. The summed E-state index contributed by atoms with van der Waals surface area (Å²) >= 11 is 0. The maximum absolute atomic E-state index is 6.24. The van der Waals surface area contributed by atoms with Gasteiger partial charge in [0.1, 0.15) is 5.75 Å². The monoisotopic (exact) mass is 352 g/mol. The predicted octanol–water partition coefficient (Wildman–Crippen LogP) is 6.22. The van der Waals surface area contributed by atoms with Crippen LogP contribution in [0.3, 0.4) is 0 Å². The second-order valence-corrected chi connectivity index (χ2v) is 8.84. The number of hydrogen-bond acceptors (Lipinski definition) is 3. The lowest BCUT2D eigenvalue weighted by molar-refractivity contribution is 0.115. The minimum atomic E-state index is -2.62. The van der Waals surface area contributed by atoms with Crippen LogP contribution in [0.2, 0.25) is 6.04 Å². The summed E-state index contributed by atoms with van der Waals surface area (Å²) in [6.07, 6.45) is 10.4. The van der Waals surface area contributed by atoms with Crippen LogP contribution in [0.25, 0.3) is 0 Å². The molecule has 0 aliphatic carbocycles. The van der Waals surface area contributed by atoms with Crippen molar-refractivity contribution in [2.45, 2.75) is 78.2 Å². The Morgan fingerprint density at radius 1 is 0.708 bits per heavy atom. The van der Waals surface area contributed by atoms with E-state index in [2.05, 4.69) is 6.92 Å². The molecule has 24 heavy (non-hydrogen) atoms. The number of hydrogen-bond donors (Lipinski definition) is 0. The minimum Gasteiger partial charge on any atom is -0.501 e. The van der Waals surface area contributed by atoms with E-state index in [4.69, 9.17) is 13.3 Å². The molecule has 0 radical (unpaired) electrons. The third-order valence-electron chi connectivity index (χ3n) is 4.08. The Hall–Kier alpha value is -0.843. The van der Waals surface area contributed by atoms with Gasteiger partial charge in [0.25, 0.3) is 0 Å². The molecule has 1 rings (SSSR count). The van der Waals surface area contributed by atoms with Crippen molar-refractivity contribution in [3.05, 3.63) is 30.3 Å². The van der Waals surface area contributed by atoms with Crippen LogP contribution >= 0.6 is 0 Å². The molecule has 0 saturated carbocycles. The summed E-state index contributed by atoms with van der Waals surface area (Å²) in [6.45, 7) is 7.57. The molecule has 0 amide bonds. The molecule has 1 aromatic rings. The first kappa shape index (κ1) is 21.2. The molecule has 0 heterocycles. The van der Waals surface area contributed by atoms with Crippen molar-refractivity contribution >= 4 is 8.80 Å². The molecule has 0 aliphatic rings. The lowest BCUT2D eigenvalue weighted by atomic mass is 10.1. The maximum atomic E-state index is 6.24. The van der Waals surface area contributed by atoms with Gasteiger partial charge in [0.2, 0.25) is 0 Å². The van der Waals surface area contributed by atoms with Crippen LogP contribution in [-0.4, -0.2) is 22.0 Å². The molecule has 0 fully saturated rings. The highest BCUT2D eigenvalue weighted by Gasteiger charge is 2.42. The standard InChI is InChI=1S/C20H36O3Si/c1-4-7-8-9-10-11-12-16-19-24(21-5-2,22-6-3)23-20-17-14-13-15-18-20/h13-15,17-18H,4-12,16,19H2,1-3H3. The van der Waals surface area contributed by atoms with Gasteiger partial charge in [-0.3, -0.25) is 0 Å². The van der Waals surface area contributed by atoms with Crippen molar-refractivity contribution in [1.82, 2.24) is 0 Å². The number of rotatable bonds is 15. The second-order valence-electron chi connectivity index (χ2n) is 6.19. The molecule has 0 bridgehead atoms. The van der Waals surface area contributed by atoms with E-state index in [1.54, 1.807) is 0 Å². The summed E-state index contributed by atoms with van der Waals surface area (Å²) in [5.74, 6) is 0.852. The fourth-order valence-electron chi connectivity index (χ4n) is 2.88. The summed E-state index contributed by atoms with van der Waals surface area (Å²) in [4.78, 5) is 0. The van der Waals surface area contributed by atoms with Crippen LogP contribution in [0.1, 0.15) is 72.1 Å². The fraction of sp³-hybridized carbons (Fsp3) is 0.700. The molecule has 1 aromatic carbocycles. The van der Waals surface area contributed by atoms with Crippen LogP contribution in [0, 0.1) is 0 Å². The Balaban J connectivity index is 2.43. The zero-order valence-corrected chi connectivity index (χ0v) is 16.9. The van der Waals surface area contributed by atoms with E-state index in [-0.39, 0.29) is 0 Å². The average molecular weight is 353 g/mol. The quantitative estimate of drug-likeness (QED) is 0.277. The minimum absolute atomic E-state index is 0.635. The van der Waals surface area contributed by atoms with Crippen molar-refractivity contribution in [3.63, 3.8) is 0 Å². The van der Waals surface area contributed by atoms with Crippen molar-refractivity contribution in [2.24, 2.45) is 0 Å². The molecule has 3 nitrogen and oxygen atoms in total. The molecule has 0 N–H and O–H groups in total. The zero-order chi connectivity index (χ0) is 17.5. The largest absolute Gasteiger partial charge is 0.566 e. The molecular weight excluding hydrogens is 316 g/mol. The Kier molecular flexibility index (Phi) is 11.9. The first-order valence-electron chi connectivity index (χ1n) is 9.78. The van der Waals surface area contributed by atoms with Gasteiger partial charge in [-0.15, -0.1) is 0 Å². The van der Waals surface area contributed by atoms with Crippen LogP contribution < -0.4 is 4.43 Å². The molecular formula is C20H36O3Si. The average Bonchev–Trinajstić information content (AvgIpc) is 2.59. The summed E-state index contributed by atoms with van der Waals surface area (Å²) in [5.41, 5.74) is 0. The third-order valence-corrected chi connectivity index (χ3v) is 7.05. The van der Waals surface area contributed by atoms with Gasteiger partial charge in [0.15, 0.2) is 0 Å². The lowest BCUT2D eigenvalue weighted by Crippen LogP contribution is -2.48. The highest BCUT2D eigenvalue weighted by atomic mass is 28.4. The summed E-state index contributed by atoms with van der Waals surface area (Å²) < 4.78 is 18.3. The van der Waals surface area contributed by atoms with Crippen molar-refractivity contribution < 1.29 is 13.3 Å². The molecule has 0 aliphatic heterocycles. The maximum Gasteiger partial charge on any atom is 0.566 e. The first-order chi connectivity index (χ1) is 11.8. The van der Waals surface area contributed by atoms with E-state index in [1.165, 1.54) is 44.9 Å². The van der Waals surface area contributed by atoms with Gasteiger partial charge in [0, 0.05) is 19.3 Å². The SMILES string of the molecule is CCCCCCCCCC[Si](OCC)(OCC)Oc1ccccc1. The van der Waals surface area contributed by atoms with E-state index in [1.807, 2.05) is 44.2 Å². The fourth-order valence-corrected chi connectivity index (χ4v) is 5.53. The van der Waals surface area contributed by atoms with Gasteiger partial charge in [-0.05, 0) is 32.4 Å². The second kappa shape index (κ2) is 13.4. The Labute approximate surface area is 150 Å². The van der Waals surface area contributed by atoms with E-state index in [0.717, 1.165) is 18.2 Å². The normalized spacial score (nSPS) is 11.6. The van der Waals surface area contributed by atoms with Crippen LogP contribution in [0.15, 0.2) is 30.3 Å². The highest BCUT2D eigenvalue weighted by molar-refractivity contribution is 6.61. The Morgan fingerprint density at radius 3 is 1.79 bits per heavy atom. The Bertz CT molecular complexity index is 391. The molecule has 0 atom stereocenters. The number of benzene rings is 1. The number of unbranched alkanes of at least 4 members (excludes halogenated alkanes) is 7. The highest BCUT2D eigenvalue weighted by Crippen LogP contribution is 2.24. The predicted molar refractivity (Wildman–Crippen MR) is 103 cm³/mol. The smallest absolute Gasteiger partial charge is 0.501 e. The summed E-state index contributed by atoms with van der Waals surface area (Å²) in [6, 6.07) is 10.8. The van der Waals surface area contributed by atoms with Gasteiger partial charge >= 0.3 is 8.80 Å². The van der Waals surface area contributed by atoms with Gasteiger partial charge in [-0.1, -0.05) is 70.1 Å². The zero-order valence-electron chi connectivity index (χ0n) is 15.9. The molecule has 0 spiro atoms. The van der Waals surface area contributed by atoms with E-state index in [0.29, 0.717) is 13.2 Å². The Morgan fingerprint density at radius 2 is 1.25 bits per heavy atom. The van der Waals surface area contributed by atoms with Crippen molar-refractivity contribution in [2.75, 3.05) is 13.2 Å². The van der Waals surface area contributed by atoms with Gasteiger partial charge in [0.05, 0.1) is 0 Å². The lowest BCUT2D eigenvalue weighted by Gasteiger charge is -2.29. The van der Waals surface area contributed by atoms with Gasteiger partial charge in [-0.2, -0.15) is 0 Å². The van der Waals surface area contributed by atoms with Crippen LogP contribution in [0.5, 0.6) is 5.75 Å². The van der Waals surface area contributed by atoms with E-state index in [9.17, 15) is 0 Å². The van der Waals surface area contributed by atoms with Gasteiger partial charge in [-0.25, -0.2) is 0 Å². The molecule has 0 saturated heterocycles. The van der Waals surface area contributed by atoms with Crippen molar-refractivity contribution in [1.29, 1.82) is 0 Å². The summed E-state index contributed by atoms with van der Waals surface area (Å²) in [5, 5.41) is 0. The molecule has 0 unspecified atom stereocenters. The van der Waals surface area contributed by atoms with Gasteiger partial charge < -0.3 is 13.3 Å². The van der Waals surface area contributed by atoms with Crippen LogP contribution in [-0.2, 0) is 8.85 Å². The topological polar surface area (TPSA) is 27.7 Å². The third kappa shape index (κ3) is 8.86. The molecule has 4 heteroatoms. The first-order valence-corrected chi connectivity index (χ1v) is 11.7. The van der Waals surface area contributed by atoms with Crippen LogP contribution in [0.4, 0.5) is 0 Å². The summed E-state index contributed by atoms with van der Waals surface area (Å²) in [7, 11) is -2.62. The van der Waals surface area contributed by atoms with Crippen molar-refractivity contribution in [3.8, 4) is 5.75 Å². The molecule has 0 aromatic heterocycles. The van der Waals surface area contributed by atoms with E-state index >= 15 is 0 Å².